The van der Waals surface area contributed by atoms with Crippen molar-refractivity contribution in [1.82, 2.24) is 10.3 Å². The zero-order valence-corrected chi connectivity index (χ0v) is 13.5. The van der Waals surface area contributed by atoms with Gasteiger partial charge in [-0.3, -0.25) is 4.79 Å². The molecule has 0 aromatic heterocycles. The minimum Gasteiger partial charge on any atom is -0.508 e. The Labute approximate surface area is 144 Å². The zero-order valence-electron chi connectivity index (χ0n) is 13.5. The maximum Gasteiger partial charge on any atom is 0.346 e. The first-order chi connectivity index (χ1) is 12.0. The highest BCUT2D eigenvalue weighted by Gasteiger charge is 2.51. The van der Waals surface area contributed by atoms with Gasteiger partial charge in [0.15, 0.2) is 0 Å². The third-order valence-corrected chi connectivity index (χ3v) is 4.19. The van der Waals surface area contributed by atoms with E-state index in [1.54, 1.807) is 24.3 Å². The number of phenols is 2. The third-order valence-electron chi connectivity index (χ3n) is 4.19. The lowest BCUT2D eigenvalue weighted by molar-refractivity contribution is -0.131. The number of amides is 3. The molecule has 25 heavy (non-hydrogen) atoms. The third kappa shape index (κ3) is 2.80. The molecule has 1 saturated heterocycles. The summed E-state index contributed by atoms with van der Waals surface area (Å²) in [6.45, 7) is 1.81. The molecule has 3 rings (SSSR count). The average molecular weight is 339 g/mol. The molecule has 1 fully saturated rings. The van der Waals surface area contributed by atoms with Crippen molar-refractivity contribution in [2.45, 2.75) is 18.9 Å². The summed E-state index contributed by atoms with van der Waals surface area (Å²) in [7, 11) is 0. The lowest BCUT2D eigenvalue weighted by Gasteiger charge is -2.24. The van der Waals surface area contributed by atoms with E-state index in [-0.39, 0.29) is 17.1 Å². The number of carbonyl (C=O) groups is 2. The summed E-state index contributed by atoms with van der Waals surface area (Å²) in [6, 6.07) is 12.3. The first-order valence-corrected chi connectivity index (χ1v) is 7.76. The molecular formula is C18H17N3O4. The normalized spacial score (nSPS) is 20.3. The largest absolute Gasteiger partial charge is 0.508 e. The monoisotopic (exact) mass is 339 g/mol. The minimum atomic E-state index is -1.16. The lowest BCUT2D eigenvalue weighted by atomic mass is 9.87. The highest BCUT2D eigenvalue weighted by Crippen LogP contribution is 2.32. The van der Waals surface area contributed by atoms with Crippen molar-refractivity contribution >= 4 is 18.2 Å². The number of hydrogen-bond donors (Lipinski definition) is 3. The van der Waals surface area contributed by atoms with Crippen LogP contribution in [0.1, 0.15) is 24.5 Å². The van der Waals surface area contributed by atoms with Crippen LogP contribution in [0.3, 0.4) is 0 Å². The van der Waals surface area contributed by atoms with Crippen LogP contribution in [0.15, 0.2) is 53.6 Å². The summed E-state index contributed by atoms with van der Waals surface area (Å²) >= 11 is 0. The van der Waals surface area contributed by atoms with Gasteiger partial charge < -0.3 is 15.5 Å². The predicted octanol–water partition coefficient (Wildman–Crippen LogP) is 2.29. The molecule has 0 bridgehead atoms. The van der Waals surface area contributed by atoms with Crippen molar-refractivity contribution in [3.8, 4) is 11.5 Å². The molecular weight excluding hydrogens is 322 g/mol. The fraction of sp³-hybridized carbons (Fsp3) is 0.167. The second kappa shape index (κ2) is 6.27. The van der Waals surface area contributed by atoms with Gasteiger partial charge in [-0.25, -0.2) is 4.79 Å². The molecule has 0 radical (unpaired) electrons. The first-order valence-electron chi connectivity index (χ1n) is 7.76. The number of hydrazone groups is 1. The van der Waals surface area contributed by atoms with Gasteiger partial charge in [-0.1, -0.05) is 37.3 Å². The SMILES string of the molecule is CC[C@@]1(c2ccccc2)NC(=O)N(/N=C/c2ccc(O)cc2O)C1=O. The van der Waals surface area contributed by atoms with Crippen molar-refractivity contribution in [3.63, 3.8) is 0 Å². The second-order valence-corrected chi connectivity index (χ2v) is 5.66. The van der Waals surface area contributed by atoms with Crippen LogP contribution in [0, 0.1) is 0 Å². The van der Waals surface area contributed by atoms with Gasteiger partial charge >= 0.3 is 6.03 Å². The van der Waals surface area contributed by atoms with Crippen LogP contribution in [0.4, 0.5) is 4.79 Å². The first kappa shape index (κ1) is 16.5. The van der Waals surface area contributed by atoms with Gasteiger partial charge in [0.25, 0.3) is 5.91 Å². The highest BCUT2D eigenvalue weighted by atomic mass is 16.3. The van der Waals surface area contributed by atoms with Crippen LogP contribution < -0.4 is 5.32 Å². The summed E-state index contributed by atoms with van der Waals surface area (Å²) in [5.74, 6) is -0.792. The molecule has 1 aliphatic rings. The number of phenolic OH excluding ortho intramolecular Hbond substituents is 2. The summed E-state index contributed by atoms with van der Waals surface area (Å²) in [6.07, 6.45) is 1.57. The quantitative estimate of drug-likeness (QED) is 0.587. The van der Waals surface area contributed by atoms with E-state index in [4.69, 9.17) is 0 Å². The van der Waals surface area contributed by atoms with Crippen LogP contribution in [-0.4, -0.2) is 33.4 Å². The number of aromatic hydroxyl groups is 2. The fourth-order valence-electron chi connectivity index (χ4n) is 2.79. The van der Waals surface area contributed by atoms with E-state index in [0.717, 1.165) is 11.1 Å². The van der Waals surface area contributed by atoms with Crippen LogP contribution in [0.5, 0.6) is 11.5 Å². The van der Waals surface area contributed by atoms with Crippen molar-refractivity contribution < 1.29 is 19.8 Å². The molecule has 0 unspecified atom stereocenters. The number of urea groups is 1. The Morgan fingerprint density at radius 1 is 1.16 bits per heavy atom. The fourth-order valence-corrected chi connectivity index (χ4v) is 2.79. The average Bonchev–Trinajstić information content (AvgIpc) is 2.86. The van der Waals surface area contributed by atoms with Gasteiger partial charge in [-0.15, -0.1) is 5.01 Å². The van der Waals surface area contributed by atoms with E-state index in [1.807, 2.05) is 13.0 Å². The predicted molar refractivity (Wildman–Crippen MR) is 91.2 cm³/mol. The molecule has 1 aliphatic heterocycles. The molecule has 0 saturated carbocycles. The maximum absolute atomic E-state index is 12.9. The molecule has 3 N–H and O–H groups in total. The van der Waals surface area contributed by atoms with Gasteiger partial charge in [-0.2, -0.15) is 5.10 Å². The summed E-state index contributed by atoms with van der Waals surface area (Å²) in [5.41, 5.74) is -0.208. The molecule has 128 valence electrons. The van der Waals surface area contributed by atoms with Crippen molar-refractivity contribution in [1.29, 1.82) is 0 Å². The lowest BCUT2D eigenvalue weighted by Crippen LogP contribution is -2.43. The summed E-state index contributed by atoms with van der Waals surface area (Å²) in [5, 5.41) is 26.5. The van der Waals surface area contributed by atoms with Crippen molar-refractivity contribution in [2.24, 2.45) is 5.10 Å². The number of rotatable bonds is 4. The number of nitrogens with zero attached hydrogens (tertiary/aromatic N) is 2. The molecule has 1 heterocycles. The Morgan fingerprint density at radius 3 is 2.52 bits per heavy atom. The number of imide groups is 1. The van der Waals surface area contributed by atoms with Gasteiger partial charge in [-0.05, 0) is 24.1 Å². The Morgan fingerprint density at radius 2 is 1.88 bits per heavy atom. The van der Waals surface area contributed by atoms with Crippen LogP contribution in [-0.2, 0) is 10.3 Å². The molecule has 7 nitrogen and oxygen atoms in total. The van der Waals surface area contributed by atoms with E-state index in [2.05, 4.69) is 10.4 Å². The van der Waals surface area contributed by atoms with Gasteiger partial charge in [0.2, 0.25) is 0 Å². The van der Waals surface area contributed by atoms with E-state index in [9.17, 15) is 19.8 Å². The Balaban J connectivity index is 1.92. The van der Waals surface area contributed by atoms with Gasteiger partial charge in [0, 0.05) is 11.6 Å². The zero-order chi connectivity index (χ0) is 18.0. The molecule has 2 aromatic carbocycles. The minimum absolute atomic E-state index is 0.0984. The molecule has 2 aromatic rings. The van der Waals surface area contributed by atoms with E-state index in [1.165, 1.54) is 18.3 Å². The maximum atomic E-state index is 12.9. The number of hydrogen-bond acceptors (Lipinski definition) is 5. The molecule has 0 aliphatic carbocycles. The molecule has 0 spiro atoms. The summed E-state index contributed by atoms with van der Waals surface area (Å²) in [4.78, 5) is 25.1. The smallest absolute Gasteiger partial charge is 0.346 e. The van der Waals surface area contributed by atoms with Gasteiger partial charge in [0.05, 0.1) is 6.21 Å². The molecule has 1 atom stereocenters. The Hall–Kier alpha value is -3.35. The van der Waals surface area contributed by atoms with Crippen LogP contribution in [0.25, 0.3) is 0 Å². The summed E-state index contributed by atoms with van der Waals surface area (Å²) < 4.78 is 0. The Bertz CT molecular complexity index is 851. The van der Waals surface area contributed by atoms with Crippen LogP contribution >= 0.6 is 0 Å². The number of carbonyl (C=O) groups excluding carboxylic acids is 2. The number of nitrogens with one attached hydrogen (secondary N) is 1. The van der Waals surface area contributed by atoms with E-state index < -0.39 is 17.5 Å². The Kier molecular flexibility index (Phi) is 4.14. The molecule has 7 heteroatoms. The van der Waals surface area contributed by atoms with Crippen molar-refractivity contribution in [3.05, 3.63) is 59.7 Å². The van der Waals surface area contributed by atoms with E-state index >= 15 is 0 Å². The number of benzene rings is 2. The highest BCUT2D eigenvalue weighted by molar-refractivity contribution is 6.07. The second-order valence-electron chi connectivity index (χ2n) is 5.66. The van der Waals surface area contributed by atoms with Gasteiger partial charge in [0.1, 0.15) is 17.0 Å². The standard InChI is InChI=1S/C18H17N3O4/c1-2-18(13-6-4-3-5-7-13)16(24)21(17(25)20-18)19-11-12-8-9-14(22)10-15(12)23/h3-11,22-23H,2H2,1H3,(H,20,25)/b19-11+/t18-/m0/s1. The van der Waals surface area contributed by atoms with E-state index in [0.29, 0.717) is 12.0 Å². The van der Waals surface area contributed by atoms with Crippen LogP contribution in [0.2, 0.25) is 0 Å². The topological polar surface area (TPSA) is 102 Å². The van der Waals surface area contributed by atoms with Crippen molar-refractivity contribution in [2.75, 3.05) is 0 Å². The molecule has 3 amide bonds.